The molecule has 17 heavy (non-hydrogen) atoms. The minimum absolute atomic E-state index is 0.0507. The molecule has 0 atom stereocenters. The van der Waals surface area contributed by atoms with Crippen LogP contribution in [0, 0.1) is 0 Å². The molecule has 0 aromatic heterocycles. The van der Waals surface area contributed by atoms with E-state index in [1.807, 2.05) is 13.8 Å². The lowest BCUT2D eigenvalue weighted by molar-refractivity contribution is -0.122. The molecular formula is C13H29N3O. The first kappa shape index (κ1) is 16.4. The molecule has 0 rings (SSSR count). The zero-order chi connectivity index (χ0) is 13.5. The molecule has 0 fully saturated rings. The number of nitrogens with two attached hydrogens (primary N) is 1. The van der Waals surface area contributed by atoms with Crippen molar-refractivity contribution in [1.29, 1.82) is 0 Å². The monoisotopic (exact) mass is 243 g/mol. The Hall–Kier alpha value is -0.610. The van der Waals surface area contributed by atoms with Crippen LogP contribution in [-0.4, -0.2) is 42.5 Å². The van der Waals surface area contributed by atoms with Crippen LogP contribution in [0.1, 0.15) is 47.0 Å². The fourth-order valence-corrected chi connectivity index (χ4v) is 1.45. The molecule has 0 bridgehead atoms. The third-order valence-corrected chi connectivity index (χ3v) is 2.76. The fraction of sp³-hybridized carbons (Fsp3) is 0.923. The van der Waals surface area contributed by atoms with Crippen molar-refractivity contribution in [2.45, 2.75) is 58.5 Å². The molecule has 4 nitrogen and oxygen atoms in total. The van der Waals surface area contributed by atoms with Crippen LogP contribution in [0.3, 0.4) is 0 Å². The van der Waals surface area contributed by atoms with E-state index < -0.39 is 5.54 Å². The Labute approximate surface area is 106 Å². The summed E-state index contributed by atoms with van der Waals surface area (Å²) in [4.78, 5) is 13.8. The van der Waals surface area contributed by atoms with Crippen LogP contribution in [0.5, 0.6) is 0 Å². The number of carbonyl (C=O) groups excluding carboxylic acids is 1. The number of amides is 1. The molecule has 0 aliphatic carbocycles. The molecule has 0 radical (unpaired) electrons. The molecule has 3 N–H and O–H groups in total. The van der Waals surface area contributed by atoms with Crippen molar-refractivity contribution in [2.24, 2.45) is 5.73 Å². The number of nitrogens with zero attached hydrogens (tertiary/aromatic N) is 1. The molecule has 0 aromatic rings. The average Bonchev–Trinajstić information content (AvgIpc) is 2.13. The van der Waals surface area contributed by atoms with E-state index in [0.29, 0.717) is 12.5 Å². The fourth-order valence-electron chi connectivity index (χ4n) is 1.45. The van der Waals surface area contributed by atoms with E-state index in [0.717, 1.165) is 25.9 Å². The van der Waals surface area contributed by atoms with E-state index in [4.69, 9.17) is 5.73 Å². The Bertz CT molecular complexity index is 221. The molecule has 1 amide bonds. The van der Waals surface area contributed by atoms with Crippen molar-refractivity contribution in [3.63, 3.8) is 0 Å². The maximum atomic E-state index is 11.5. The second kappa shape index (κ2) is 7.67. The number of hydrogen-bond donors (Lipinski definition) is 2. The van der Waals surface area contributed by atoms with Gasteiger partial charge in [0.15, 0.2) is 0 Å². The molecular weight excluding hydrogens is 214 g/mol. The average molecular weight is 243 g/mol. The summed E-state index contributed by atoms with van der Waals surface area (Å²) >= 11 is 0. The number of rotatable bonds is 8. The van der Waals surface area contributed by atoms with Crippen molar-refractivity contribution in [2.75, 3.05) is 20.1 Å². The normalized spacial score (nSPS) is 12.2. The van der Waals surface area contributed by atoms with Gasteiger partial charge >= 0.3 is 0 Å². The molecule has 4 heteroatoms. The summed E-state index contributed by atoms with van der Waals surface area (Å²) in [5, 5.41) is 2.90. The zero-order valence-electron chi connectivity index (χ0n) is 12.0. The van der Waals surface area contributed by atoms with Crippen LogP contribution in [0.4, 0.5) is 0 Å². The summed E-state index contributed by atoms with van der Waals surface area (Å²) in [5.41, 5.74) is 5.36. The summed E-state index contributed by atoms with van der Waals surface area (Å²) in [6.07, 6.45) is 2.52. The van der Waals surface area contributed by atoms with Crippen molar-refractivity contribution >= 4 is 5.91 Å². The van der Waals surface area contributed by atoms with E-state index in [2.05, 4.69) is 31.1 Å². The highest BCUT2D eigenvalue weighted by atomic mass is 16.1. The van der Waals surface area contributed by atoms with Gasteiger partial charge in [-0.25, -0.2) is 0 Å². The van der Waals surface area contributed by atoms with Crippen LogP contribution in [0.25, 0.3) is 0 Å². The Morgan fingerprint density at radius 3 is 2.41 bits per heavy atom. The summed E-state index contributed by atoms with van der Waals surface area (Å²) < 4.78 is 0. The van der Waals surface area contributed by atoms with Gasteiger partial charge in [-0.05, 0) is 54.1 Å². The third kappa shape index (κ3) is 10.3. The van der Waals surface area contributed by atoms with Crippen LogP contribution in [0.15, 0.2) is 0 Å². The van der Waals surface area contributed by atoms with Gasteiger partial charge in [-0.1, -0.05) is 0 Å². The predicted octanol–water partition coefficient (Wildman–Crippen LogP) is 1.35. The molecule has 0 spiro atoms. The number of nitrogens with one attached hydrogen (secondary N) is 1. The summed E-state index contributed by atoms with van der Waals surface area (Å²) in [5.74, 6) is 0.0507. The molecule has 0 aliphatic heterocycles. The quantitative estimate of drug-likeness (QED) is 0.633. The topological polar surface area (TPSA) is 58.4 Å². The van der Waals surface area contributed by atoms with E-state index in [-0.39, 0.29) is 5.91 Å². The lowest BCUT2D eigenvalue weighted by atomic mass is 10.0. The van der Waals surface area contributed by atoms with Gasteiger partial charge in [-0.15, -0.1) is 0 Å². The summed E-state index contributed by atoms with van der Waals surface area (Å²) in [6, 6.07) is 0.586. The van der Waals surface area contributed by atoms with Crippen LogP contribution in [0.2, 0.25) is 0 Å². The van der Waals surface area contributed by atoms with E-state index >= 15 is 0 Å². The Kier molecular flexibility index (Phi) is 7.39. The summed E-state index contributed by atoms with van der Waals surface area (Å²) in [7, 11) is 2.13. The molecule has 102 valence electrons. The van der Waals surface area contributed by atoms with Gasteiger partial charge < -0.3 is 16.0 Å². The van der Waals surface area contributed by atoms with Gasteiger partial charge in [-0.3, -0.25) is 4.79 Å². The van der Waals surface area contributed by atoms with Gasteiger partial charge in [-0.2, -0.15) is 0 Å². The SMILES string of the molecule is CC(C)N(C)CCCCNC(=O)CC(C)(C)N. The molecule has 0 saturated carbocycles. The van der Waals surface area contributed by atoms with E-state index in [9.17, 15) is 4.79 Å². The number of hydrogen-bond acceptors (Lipinski definition) is 3. The minimum Gasteiger partial charge on any atom is -0.356 e. The highest BCUT2D eigenvalue weighted by Crippen LogP contribution is 2.02. The first-order chi connectivity index (χ1) is 7.72. The largest absolute Gasteiger partial charge is 0.356 e. The van der Waals surface area contributed by atoms with Crippen molar-refractivity contribution in [3.05, 3.63) is 0 Å². The van der Waals surface area contributed by atoms with Gasteiger partial charge in [0.2, 0.25) is 5.91 Å². The second-order valence-corrected chi connectivity index (χ2v) is 5.80. The van der Waals surface area contributed by atoms with E-state index in [1.165, 1.54) is 0 Å². The van der Waals surface area contributed by atoms with E-state index in [1.54, 1.807) is 0 Å². The Morgan fingerprint density at radius 1 is 1.35 bits per heavy atom. The highest BCUT2D eigenvalue weighted by molar-refractivity contribution is 5.76. The predicted molar refractivity (Wildman–Crippen MR) is 72.9 cm³/mol. The molecule has 0 aromatic carbocycles. The van der Waals surface area contributed by atoms with Crippen LogP contribution < -0.4 is 11.1 Å². The van der Waals surface area contributed by atoms with Crippen molar-refractivity contribution < 1.29 is 4.79 Å². The lowest BCUT2D eigenvalue weighted by Gasteiger charge is -2.21. The molecule has 0 saturated heterocycles. The molecule has 0 unspecified atom stereocenters. The minimum atomic E-state index is -0.415. The van der Waals surface area contributed by atoms with Crippen molar-refractivity contribution in [3.8, 4) is 0 Å². The van der Waals surface area contributed by atoms with Gasteiger partial charge in [0, 0.05) is 24.5 Å². The van der Waals surface area contributed by atoms with Crippen LogP contribution >= 0.6 is 0 Å². The Morgan fingerprint density at radius 2 is 1.94 bits per heavy atom. The standard InChI is InChI=1S/C13H29N3O/c1-11(2)16(5)9-7-6-8-15-12(17)10-13(3,4)14/h11H,6-10,14H2,1-5H3,(H,15,17). The summed E-state index contributed by atoms with van der Waals surface area (Å²) in [6.45, 7) is 9.93. The number of carbonyl (C=O) groups is 1. The highest BCUT2D eigenvalue weighted by Gasteiger charge is 2.15. The molecule has 0 aliphatic rings. The molecule has 0 heterocycles. The van der Waals surface area contributed by atoms with Crippen LogP contribution in [-0.2, 0) is 4.79 Å². The second-order valence-electron chi connectivity index (χ2n) is 5.80. The first-order valence-corrected chi connectivity index (χ1v) is 6.48. The maximum Gasteiger partial charge on any atom is 0.221 e. The first-order valence-electron chi connectivity index (χ1n) is 6.48. The lowest BCUT2D eigenvalue weighted by Crippen LogP contribution is -2.39. The Balaban J connectivity index is 3.49. The maximum absolute atomic E-state index is 11.5. The number of unbranched alkanes of at least 4 members (excludes halogenated alkanes) is 1. The van der Waals surface area contributed by atoms with Gasteiger partial charge in [0.1, 0.15) is 0 Å². The smallest absolute Gasteiger partial charge is 0.221 e. The van der Waals surface area contributed by atoms with Crippen molar-refractivity contribution in [1.82, 2.24) is 10.2 Å². The van der Waals surface area contributed by atoms with Gasteiger partial charge in [0.25, 0.3) is 0 Å². The third-order valence-electron chi connectivity index (χ3n) is 2.76. The van der Waals surface area contributed by atoms with Gasteiger partial charge in [0.05, 0.1) is 0 Å². The zero-order valence-corrected chi connectivity index (χ0v) is 12.0.